The van der Waals surface area contributed by atoms with Crippen LogP contribution < -0.4 is 10.6 Å². The minimum atomic E-state index is -4.17. The Bertz CT molecular complexity index is 832. The Hall–Kier alpha value is -1.94. The summed E-state index contributed by atoms with van der Waals surface area (Å²) in [6.45, 7) is -0.934. The highest BCUT2D eigenvalue weighted by Crippen LogP contribution is 2.56. The van der Waals surface area contributed by atoms with Crippen molar-refractivity contribution in [1.82, 2.24) is 25.2 Å². The lowest BCUT2D eigenvalue weighted by molar-refractivity contribution is -0.132. The van der Waals surface area contributed by atoms with Gasteiger partial charge in [0, 0.05) is 24.5 Å². The molecule has 2 aliphatic rings. The molecule has 4 rings (SSSR count). The van der Waals surface area contributed by atoms with Crippen LogP contribution in [0.2, 0.25) is 0 Å². The Balaban J connectivity index is 1.24. The molecular weight excluding hydrogens is 379 g/mol. The zero-order valence-corrected chi connectivity index (χ0v) is 15.5. The molecule has 146 valence electrons. The lowest BCUT2D eigenvalue weighted by atomic mass is 9.52. The van der Waals surface area contributed by atoms with E-state index < -0.39 is 12.7 Å². The highest BCUT2D eigenvalue weighted by atomic mass is 32.1. The molecule has 0 saturated heterocycles. The third kappa shape index (κ3) is 3.86. The van der Waals surface area contributed by atoms with E-state index in [1.807, 2.05) is 17.0 Å². The van der Waals surface area contributed by atoms with E-state index in [0.29, 0.717) is 10.7 Å². The number of imidazole rings is 1. The number of hydrogen-bond acceptors (Lipinski definition) is 5. The number of amides is 1. The molecular formula is C17H20F3N5OS. The van der Waals surface area contributed by atoms with E-state index in [1.165, 1.54) is 11.3 Å². The van der Waals surface area contributed by atoms with Crippen LogP contribution in [0.3, 0.4) is 0 Å². The molecule has 2 fully saturated rings. The maximum atomic E-state index is 12.4. The van der Waals surface area contributed by atoms with Crippen LogP contribution in [0.4, 0.5) is 13.2 Å². The Kier molecular flexibility index (Phi) is 4.50. The SMILES string of the molecule is Cn1cncc1-c1csc(C(=O)NC2CC3(CC(NCC(F)(F)F)C3)C2)n1. The first-order valence-corrected chi connectivity index (χ1v) is 9.64. The van der Waals surface area contributed by atoms with Crippen molar-refractivity contribution in [2.75, 3.05) is 6.54 Å². The Morgan fingerprint density at radius 1 is 1.33 bits per heavy atom. The Morgan fingerprint density at radius 3 is 2.67 bits per heavy atom. The number of aromatic nitrogens is 3. The normalized spacial score (nSPS) is 27.3. The van der Waals surface area contributed by atoms with Gasteiger partial charge in [-0.1, -0.05) is 0 Å². The van der Waals surface area contributed by atoms with E-state index in [2.05, 4.69) is 20.6 Å². The third-order valence-electron chi connectivity index (χ3n) is 5.42. The van der Waals surface area contributed by atoms with Gasteiger partial charge in [-0.2, -0.15) is 13.2 Å². The largest absolute Gasteiger partial charge is 0.401 e. The van der Waals surface area contributed by atoms with Crippen LogP contribution in [0, 0.1) is 5.41 Å². The van der Waals surface area contributed by atoms with Crippen LogP contribution >= 0.6 is 11.3 Å². The first kappa shape index (κ1) is 18.4. The van der Waals surface area contributed by atoms with Crippen molar-refractivity contribution < 1.29 is 18.0 Å². The van der Waals surface area contributed by atoms with Gasteiger partial charge >= 0.3 is 6.18 Å². The topological polar surface area (TPSA) is 71.8 Å². The molecule has 27 heavy (non-hydrogen) atoms. The number of halogens is 3. The number of rotatable bonds is 5. The molecule has 0 unspecified atom stereocenters. The van der Waals surface area contributed by atoms with E-state index >= 15 is 0 Å². The predicted molar refractivity (Wildman–Crippen MR) is 94.3 cm³/mol. The fourth-order valence-electron chi connectivity index (χ4n) is 4.16. The molecule has 2 aromatic heterocycles. The van der Waals surface area contributed by atoms with Gasteiger partial charge in [-0.05, 0) is 31.1 Å². The van der Waals surface area contributed by atoms with Gasteiger partial charge in [-0.25, -0.2) is 9.97 Å². The summed E-state index contributed by atoms with van der Waals surface area (Å²) >= 11 is 1.29. The highest BCUT2D eigenvalue weighted by Gasteiger charge is 2.53. The average Bonchev–Trinajstić information content (AvgIpc) is 3.14. The summed E-state index contributed by atoms with van der Waals surface area (Å²) in [5, 5.41) is 7.78. The second-order valence-electron chi connectivity index (χ2n) is 7.61. The Labute approximate surface area is 158 Å². The zero-order chi connectivity index (χ0) is 19.2. The lowest BCUT2D eigenvalue weighted by Gasteiger charge is -2.58. The van der Waals surface area contributed by atoms with E-state index in [-0.39, 0.29) is 23.4 Å². The fraction of sp³-hybridized carbons (Fsp3) is 0.588. The van der Waals surface area contributed by atoms with Gasteiger partial charge in [-0.3, -0.25) is 4.79 Å². The molecule has 0 radical (unpaired) electrons. The van der Waals surface area contributed by atoms with Gasteiger partial charge in [0.05, 0.1) is 24.8 Å². The predicted octanol–water partition coefficient (Wildman–Crippen LogP) is 2.74. The van der Waals surface area contributed by atoms with E-state index in [4.69, 9.17) is 0 Å². The maximum absolute atomic E-state index is 12.4. The summed E-state index contributed by atoms with van der Waals surface area (Å²) in [6.07, 6.45) is 2.35. The van der Waals surface area contributed by atoms with E-state index in [0.717, 1.165) is 31.4 Å². The summed E-state index contributed by atoms with van der Waals surface area (Å²) in [5.74, 6) is -0.195. The van der Waals surface area contributed by atoms with E-state index in [1.54, 1.807) is 12.5 Å². The van der Waals surface area contributed by atoms with Crippen molar-refractivity contribution in [3.8, 4) is 11.4 Å². The number of nitrogens with zero attached hydrogens (tertiary/aromatic N) is 3. The molecule has 0 aliphatic heterocycles. The number of alkyl halides is 3. The summed E-state index contributed by atoms with van der Waals surface area (Å²) < 4.78 is 38.5. The molecule has 2 saturated carbocycles. The molecule has 2 heterocycles. The molecule has 0 bridgehead atoms. The quantitative estimate of drug-likeness (QED) is 0.811. The van der Waals surface area contributed by atoms with Crippen molar-refractivity contribution in [3.05, 3.63) is 22.9 Å². The lowest BCUT2D eigenvalue weighted by Crippen LogP contribution is -2.61. The number of hydrogen-bond donors (Lipinski definition) is 2. The van der Waals surface area contributed by atoms with Crippen LogP contribution in [0.1, 0.15) is 35.5 Å². The number of thiazole rings is 1. The molecule has 1 amide bonds. The summed E-state index contributed by atoms with van der Waals surface area (Å²) in [7, 11) is 1.87. The van der Waals surface area contributed by atoms with Crippen LogP contribution in [0.15, 0.2) is 17.9 Å². The highest BCUT2D eigenvalue weighted by molar-refractivity contribution is 7.12. The zero-order valence-electron chi connectivity index (χ0n) is 14.7. The molecule has 2 aromatic rings. The molecule has 10 heteroatoms. The molecule has 0 aromatic carbocycles. The van der Waals surface area contributed by atoms with Crippen LogP contribution in [0.5, 0.6) is 0 Å². The van der Waals surface area contributed by atoms with Crippen molar-refractivity contribution in [1.29, 1.82) is 0 Å². The maximum Gasteiger partial charge on any atom is 0.401 e. The van der Waals surface area contributed by atoms with Gasteiger partial charge in [0.2, 0.25) is 0 Å². The first-order chi connectivity index (χ1) is 12.7. The second-order valence-corrected chi connectivity index (χ2v) is 8.47. The second kappa shape index (κ2) is 6.59. The number of carbonyl (C=O) groups is 1. The van der Waals surface area contributed by atoms with Gasteiger partial charge in [0.15, 0.2) is 5.01 Å². The summed E-state index contributed by atoms with van der Waals surface area (Å²) in [4.78, 5) is 20.8. The van der Waals surface area contributed by atoms with Crippen LogP contribution in [-0.4, -0.2) is 45.2 Å². The van der Waals surface area contributed by atoms with Gasteiger partial charge < -0.3 is 15.2 Å². The first-order valence-electron chi connectivity index (χ1n) is 8.76. The molecule has 2 aliphatic carbocycles. The minimum absolute atomic E-state index is 0.0660. The minimum Gasteiger partial charge on any atom is -0.347 e. The third-order valence-corrected chi connectivity index (χ3v) is 6.26. The van der Waals surface area contributed by atoms with E-state index in [9.17, 15) is 18.0 Å². The molecule has 1 spiro atoms. The van der Waals surface area contributed by atoms with Gasteiger partial charge in [0.1, 0.15) is 5.69 Å². The van der Waals surface area contributed by atoms with Crippen molar-refractivity contribution >= 4 is 17.2 Å². The smallest absolute Gasteiger partial charge is 0.347 e. The Morgan fingerprint density at radius 2 is 2.04 bits per heavy atom. The standard InChI is InChI=1S/C17H20F3N5OS/c1-25-9-21-6-13(25)12-7-27-15(24-12)14(26)23-11-4-16(5-11)2-10(3-16)22-8-17(18,19)20/h6-7,9-11,22H,2-5,8H2,1H3,(H,23,26). The number of nitrogens with one attached hydrogen (secondary N) is 2. The van der Waals surface area contributed by atoms with Crippen LogP contribution in [0.25, 0.3) is 11.4 Å². The van der Waals surface area contributed by atoms with Crippen LogP contribution in [-0.2, 0) is 7.05 Å². The molecule has 2 N–H and O–H groups in total. The monoisotopic (exact) mass is 399 g/mol. The van der Waals surface area contributed by atoms with Gasteiger partial charge in [-0.15, -0.1) is 11.3 Å². The van der Waals surface area contributed by atoms with Gasteiger partial charge in [0.25, 0.3) is 5.91 Å². The number of aryl methyl sites for hydroxylation is 1. The fourth-order valence-corrected chi connectivity index (χ4v) is 4.87. The molecule has 0 atom stereocenters. The summed E-state index contributed by atoms with van der Waals surface area (Å²) in [5.41, 5.74) is 1.66. The summed E-state index contributed by atoms with van der Waals surface area (Å²) in [6, 6.07) is 0.00816. The van der Waals surface area contributed by atoms with Crippen molar-refractivity contribution in [2.24, 2.45) is 12.5 Å². The average molecular weight is 399 g/mol. The number of carbonyl (C=O) groups excluding carboxylic acids is 1. The van der Waals surface area contributed by atoms with Crippen molar-refractivity contribution in [3.63, 3.8) is 0 Å². The van der Waals surface area contributed by atoms with Crippen molar-refractivity contribution in [2.45, 2.75) is 43.9 Å². The molecule has 6 nitrogen and oxygen atoms in total.